The van der Waals surface area contributed by atoms with Gasteiger partial charge < -0.3 is 15.2 Å². The van der Waals surface area contributed by atoms with E-state index in [-0.39, 0.29) is 5.11 Å². The van der Waals surface area contributed by atoms with E-state index in [4.69, 9.17) is 15.2 Å². The van der Waals surface area contributed by atoms with Gasteiger partial charge in [-0.2, -0.15) is 5.10 Å². The Morgan fingerprint density at radius 2 is 1.80 bits per heavy atom. The molecule has 0 bridgehead atoms. The summed E-state index contributed by atoms with van der Waals surface area (Å²) in [6.07, 6.45) is 1.65. The van der Waals surface area contributed by atoms with E-state index in [2.05, 4.69) is 22.7 Å². The second-order valence-corrected chi connectivity index (χ2v) is 4.49. The fraction of sp³-hybridized carbons (Fsp3) is 0.143. The number of hydrogen-bond donors (Lipinski definition) is 2. The molecule has 0 atom stereocenters. The molecule has 6 heteroatoms. The highest BCUT2D eigenvalue weighted by Gasteiger charge is 2.05. The van der Waals surface area contributed by atoms with Gasteiger partial charge in [-0.05, 0) is 46.8 Å². The zero-order valence-electron chi connectivity index (χ0n) is 11.2. The Balaban J connectivity index is 2.38. The maximum absolute atomic E-state index is 5.29. The molecular formula is C14H15N3O2S. The molecule has 0 spiro atoms. The zero-order valence-corrected chi connectivity index (χ0v) is 12.0. The normalized spacial score (nSPS) is 10.7. The number of nitrogens with zero attached hydrogens (tertiary/aromatic N) is 1. The minimum absolute atomic E-state index is 0.133. The van der Waals surface area contributed by atoms with Crippen molar-refractivity contribution in [3.05, 3.63) is 35.9 Å². The molecule has 0 saturated carbocycles. The maximum atomic E-state index is 5.29. The Bertz CT molecular complexity index is 671. The minimum atomic E-state index is 0.133. The van der Waals surface area contributed by atoms with E-state index in [1.807, 2.05) is 30.3 Å². The molecule has 2 aromatic rings. The third kappa shape index (κ3) is 3.16. The molecule has 104 valence electrons. The quantitative estimate of drug-likeness (QED) is 0.512. The van der Waals surface area contributed by atoms with Gasteiger partial charge in [-0.3, -0.25) is 5.43 Å². The first-order chi connectivity index (χ1) is 9.63. The average molecular weight is 289 g/mol. The van der Waals surface area contributed by atoms with Gasteiger partial charge in [0.05, 0.1) is 20.4 Å². The van der Waals surface area contributed by atoms with Gasteiger partial charge in [0.1, 0.15) is 0 Å². The van der Waals surface area contributed by atoms with Crippen molar-refractivity contribution in [3.8, 4) is 11.5 Å². The number of rotatable bonds is 4. The molecule has 0 radical (unpaired) electrons. The van der Waals surface area contributed by atoms with Crippen molar-refractivity contribution in [2.24, 2.45) is 10.8 Å². The Hall–Kier alpha value is -2.34. The third-order valence-corrected chi connectivity index (χ3v) is 2.85. The molecule has 3 N–H and O–H groups in total. The van der Waals surface area contributed by atoms with Crippen LogP contribution in [0.4, 0.5) is 0 Å². The molecule has 0 aliphatic carbocycles. The zero-order chi connectivity index (χ0) is 14.5. The lowest BCUT2D eigenvalue weighted by Crippen LogP contribution is -2.23. The highest BCUT2D eigenvalue weighted by molar-refractivity contribution is 7.80. The number of hydrazone groups is 1. The summed E-state index contributed by atoms with van der Waals surface area (Å²) in [5, 5.41) is 6.15. The van der Waals surface area contributed by atoms with Gasteiger partial charge in [0.25, 0.3) is 0 Å². The second-order valence-electron chi connectivity index (χ2n) is 4.05. The number of methoxy groups -OCH3 is 2. The van der Waals surface area contributed by atoms with Gasteiger partial charge in [-0.1, -0.05) is 12.1 Å². The summed E-state index contributed by atoms with van der Waals surface area (Å²) < 4.78 is 10.6. The van der Waals surface area contributed by atoms with Crippen molar-refractivity contribution in [1.29, 1.82) is 0 Å². The summed E-state index contributed by atoms with van der Waals surface area (Å²) in [5.41, 5.74) is 8.73. The summed E-state index contributed by atoms with van der Waals surface area (Å²) >= 11 is 4.67. The number of nitrogens with one attached hydrogen (secondary N) is 1. The number of fused-ring (bicyclic) bond motifs is 1. The number of hydrogen-bond acceptors (Lipinski definition) is 4. The number of nitrogens with two attached hydrogens (primary N) is 1. The number of benzene rings is 2. The monoisotopic (exact) mass is 289 g/mol. The van der Waals surface area contributed by atoms with Gasteiger partial charge >= 0.3 is 0 Å². The third-order valence-electron chi connectivity index (χ3n) is 2.76. The van der Waals surface area contributed by atoms with Gasteiger partial charge in [0.15, 0.2) is 16.6 Å². The Kier molecular flexibility index (Phi) is 4.37. The summed E-state index contributed by atoms with van der Waals surface area (Å²) in [4.78, 5) is 0. The number of ether oxygens (including phenoxy) is 2. The van der Waals surface area contributed by atoms with E-state index in [0.717, 1.165) is 16.3 Å². The maximum Gasteiger partial charge on any atom is 0.184 e. The van der Waals surface area contributed by atoms with Gasteiger partial charge in [0.2, 0.25) is 0 Å². The van der Waals surface area contributed by atoms with Crippen molar-refractivity contribution in [3.63, 3.8) is 0 Å². The molecule has 0 aromatic heterocycles. The van der Waals surface area contributed by atoms with Crippen molar-refractivity contribution in [2.75, 3.05) is 14.2 Å². The SMILES string of the molecule is COc1cc2ccc(C=NNC(N)=S)cc2cc1OC. The van der Waals surface area contributed by atoms with Crippen molar-refractivity contribution >= 4 is 34.3 Å². The van der Waals surface area contributed by atoms with Crippen LogP contribution in [-0.2, 0) is 0 Å². The molecule has 0 amide bonds. The molecule has 2 aromatic carbocycles. The smallest absolute Gasteiger partial charge is 0.184 e. The van der Waals surface area contributed by atoms with Crippen LogP contribution >= 0.6 is 12.2 Å². The lowest BCUT2D eigenvalue weighted by atomic mass is 10.1. The van der Waals surface area contributed by atoms with Crippen LogP contribution in [0.25, 0.3) is 10.8 Å². The largest absolute Gasteiger partial charge is 0.493 e. The summed E-state index contributed by atoms with van der Waals surface area (Å²) in [6.45, 7) is 0. The molecule has 0 aliphatic heterocycles. The van der Waals surface area contributed by atoms with E-state index in [1.54, 1.807) is 20.4 Å². The van der Waals surface area contributed by atoms with Crippen LogP contribution in [-0.4, -0.2) is 25.5 Å². The Morgan fingerprint density at radius 3 is 2.40 bits per heavy atom. The molecular weight excluding hydrogens is 274 g/mol. The van der Waals surface area contributed by atoms with Crippen LogP contribution in [0.3, 0.4) is 0 Å². The molecule has 0 aliphatic rings. The standard InChI is InChI=1S/C14H15N3O2S/c1-18-12-6-10-4-3-9(8-16-17-14(15)20)5-11(10)7-13(12)19-2/h3-8H,1-2H3,(H3,15,17,20). The van der Waals surface area contributed by atoms with Crippen LogP contribution in [0.1, 0.15) is 5.56 Å². The second kappa shape index (κ2) is 6.21. The lowest BCUT2D eigenvalue weighted by Gasteiger charge is -2.09. The molecule has 0 saturated heterocycles. The average Bonchev–Trinajstić information content (AvgIpc) is 2.45. The van der Waals surface area contributed by atoms with Gasteiger partial charge in [0, 0.05) is 0 Å². The summed E-state index contributed by atoms with van der Waals surface area (Å²) in [5.74, 6) is 1.40. The molecule has 2 rings (SSSR count). The van der Waals surface area contributed by atoms with Crippen LogP contribution in [0.15, 0.2) is 35.4 Å². The Morgan fingerprint density at radius 1 is 1.15 bits per heavy atom. The predicted octanol–water partition coefficient (Wildman–Crippen LogP) is 2.02. The van der Waals surface area contributed by atoms with E-state index < -0.39 is 0 Å². The Labute approximate surface area is 122 Å². The minimum Gasteiger partial charge on any atom is -0.493 e. The number of thiocarbonyl (C=S) groups is 1. The first kappa shape index (κ1) is 14.1. The van der Waals surface area contributed by atoms with Gasteiger partial charge in [-0.15, -0.1) is 0 Å². The molecule has 5 nitrogen and oxygen atoms in total. The highest BCUT2D eigenvalue weighted by Crippen LogP contribution is 2.32. The molecule has 0 fully saturated rings. The predicted molar refractivity (Wildman–Crippen MR) is 84.6 cm³/mol. The van der Waals surface area contributed by atoms with E-state index in [9.17, 15) is 0 Å². The van der Waals surface area contributed by atoms with Crippen molar-refractivity contribution in [1.82, 2.24) is 5.43 Å². The first-order valence-corrected chi connectivity index (χ1v) is 6.29. The fourth-order valence-corrected chi connectivity index (χ4v) is 1.90. The van der Waals surface area contributed by atoms with Crippen molar-refractivity contribution in [2.45, 2.75) is 0 Å². The van der Waals surface area contributed by atoms with Gasteiger partial charge in [-0.25, -0.2) is 0 Å². The van der Waals surface area contributed by atoms with Crippen LogP contribution in [0, 0.1) is 0 Å². The van der Waals surface area contributed by atoms with E-state index in [0.29, 0.717) is 11.5 Å². The molecule has 0 heterocycles. The van der Waals surface area contributed by atoms with Crippen molar-refractivity contribution < 1.29 is 9.47 Å². The highest BCUT2D eigenvalue weighted by atomic mass is 32.1. The summed E-state index contributed by atoms with van der Waals surface area (Å²) in [6, 6.07) is 9.77. The van der Waals surface area contributed by atoms with Crippen LogP contribution < -0.4 is 20.6 Å². The molecule has 20 heavy (non-hydrogen) atoms. The lowest BCUT2D eigenvalue weighted by molar-refractivity contribution is 0.356. The van der Waals surface area contributed by atoms with E-state index in [1.165, 1.54) is 0 Å². The van der Waals surface area contributed by atoms with E-state index >= 15 is 0 Å². The van der Waals surface area contributed by atoms with Crippen LogP contribution in [0.5, 0.6) is 11.5 Å². The molecule has 0 unspecified atom stereocenters. The van der Waals surface area contributed by atoms with Crippen LogP contribution in [0.2, 0.25) is 0 Å². The first-order valence-electron chi connectivity index (χ1n) is 5.88. The fourth-order valence-electron chi connectivity index (χ4n) is 1.84. The topological polar surface area (TPSA) is 68.9 Å². The summed E-state index contributed by atoms with van der Waals surface area (Å²) in [7, 11) is 3.23.